The zero-order chi connectivity index (χ0) is 29.3. The first kappa shape index (κ1) is 30.0. The molecule has 0 aromatic heterocycles. The first-order chi connectivity index (χ1) is 20.5. The molecule has 3 N–H and O–H groups in total. The molecule has 7 heteroatoms. The Bertz CT molecular complexity index is 1300. The number of nitrogens with two attached hydrogens (primary N) is 1. The third kappa shape index (κ3) is 8.09. The maximum atomic E-state index is 14.3. The molecule has 3 aromatic carbocycles. The molecule has 2 amide bonds. The van der Waals surface area contributed by atoms with Gasteiger partial charge in [-0.05, 0) is 73.2 Å². The van der Waals surface area contributed by atoms with Crippen molar-refractivity contribution in [3.63, 3.8) is 0 Å². The predicted molar refractivity (Wildman–Crippen MR) is 170 cm³/mol. The Hall–Kier alpha value is -3.45. The van der Waals surface area contributed by atoms with Crippen molar-refractivity contribution in [2.24, 2.45) is 5.73 Å². The smallest absolute Gasteiger partial charge is 0.241 e. The van der Waals surface area contributed by atoms with Crippen molar-refractivity contribution in [3.05, 3.63) is 113 Å². The van der Waals surface area contributed by atoms with E-state index in [-0.39, 0.29) is 23.9 Å². The quantitative estimate of drug-likeness (QED) is 0.310. The summed E-state index contributed by atoms with van der Waals surface area (Å²) < 4.78 is 0. The lowest BCUT2D eigenvalue weighted by molar-refractivity contribution is -0.133. The Morgan fingerprint density at radius 2 is 1.52 bits per heavy atom. The fourth-order valence-corrected chi connectivity index (χ4v) is 6.44. The third-order valence-electron chi connectivity index (χ3n) is 8.49. The largest absolute Gasteiger partial charge is 0.366 e. The monoisotopic (exact) mass is 584 g/mol. The van der Waals surface area contributed by atoms with E-state index in [1.165, 1.54) is 36.5 Å². The van der Waals surface area contributed by atoms with Crippen LogP contribution in [0.2, 0.25) is 5.02 Å². The molecule has 0 saturated carbocycles. The van der Waals surface area contributed by atoms with Gasteiger partial charge in [0, 0.05) is 42.7 Å². The highest BCUT2D eigenvalue weighted by atomic mass is 35.5. The number of carbonyl (C=O) groups is 2. The van der Waals surface area contributed by atoms with Crippen LogP contribution in [0.15, 0.2) is 91.0 Å². The molecule has 0 aliphatic carbocycles. The minimum atomic E-state index is -0.482. The molecule has 2 aliphatic heterocycles. The Labute approximate surface area is 254 Å². The second-order valence-electron chi connectivity index (χ2n) is 11.5. The molecular weight excluding hydrogens is 544 g/mol. The van der Waals surface area contributed by atoms with Crippen LogP contribution in [0.5, 0.6) is 0 Å². The second-order valence-corrected chi connectivity index (χ2v) is 11.9. The van der Waals surface area contributed by atoms with Gasteiger partial charge in [-0.2, -0.15) is 0 Å². The molecule has 2 atom stereocenters. The molecule has 220 valence electrons. The van der Waals surface area contributed by atoms with Gasteiger partial charge in [-0.3, -0.25) is 9.59 Å². The van der Waals surface area contributed by atoms with Gasteiger partial charge in [0.1, 0.15) is 0 Å². The molecule has 42 heavy (non-hydrogen) atoms. The van der Waals surface area contributed by atoms with Crippen molar-refractivity contribution >= 4 is 29.0 Å². The van der Waals surface area contributed by atoms with Crippen LogP contribution in [0.1, 0.15) is 54.7 Å². The van der Waals surface area contributed by atoms with Gasteiger partial charge in [0.2, 0.25) is 11.8 Å². The van der Waals surface area contributed by atoms with Crippen molar-refractivity contribution in [1.29, 1.82) is 0 Å². The Morgan fingerprint density at radius 3 is 2.12 bits per heavy atom. The highest BCUT2D eigenvalue weighted by Crippen LogP contribution is 2.29. The van der Waals surface area contributed by atoms with E-state index in [4.69, 9.17) is 17.3 Å². The van der Waals surface area contributed by atoms with E-state index >= 15 is 0 Å². The summed E-state index contributed by atoms with van der Waals surface area (Å²) in [6.45, 7) is 3.96. The van der Waals surface area contributed by atoms with Crippen LogP contribution >= 0.6 is 11.6 Å². The first-order valence-electron chi connectivity index (χ1n) is 15.1. The number of hydrogen-bond acceptors (Lipinski definition) is 4. The number of hydrogen-bond donors (Lipinski definition) is 2. The maximum absolute atomic E-state index is 14.3. The summed E-state index contributed by atoms with van der Waals surface area (Å²) in [5.41, 5.74) is 9.79. The van der Waals surface area contributed by atoms with Gasteiger partial charge in [0.05, 0.1) is 6.04 Å². The summed E-state index contributed by atoms with van der Waals surface area (Å²) in [4.78, 5) is 30.8. The first-order valence-corrected chi connectivity index (χ1v) is 15.5. The van der Waals surface area contributed by atoms with E-state index in [9.17, 15) is 9.59 Å². The van der Waals surface area contributed by atoms with Crippen LogP contribution in [0.4, 0.5) is 0 Å². The van der Waals surface area contributed by atoms with Gasteiger partial charge in [-0.1, -0.05) is 90.8 Å². The van der Waals surface area contributed by atoms with Crippen LogP contribution in [0.25, 0.3) is 5.57 Å². The van der Waals surface area contributed by atoms with Crippen LogP contribution in [-0.2, 0) is 9.59 Å². The van der Waals surface area contributed by atoms with Gasteiger partial charge in [-0.15, -0.1) is 0 Å². The SMILES string of the molecule is NC(=O)C=C(C[C@H]1CCN(CC(c2ccccc2)c2ccccc2)C(=O)[C@H](CN2CCCCC2)N1)c1ccc(Cl)cc1. The van der Waals surface area contributed by atoms with Gasteiger partial charge in [-0.25, -0.2) is 0 Å². The Morgan fingerprint density at radius 1 is 0.905 bits per heavy atom. The number of likely N-dealkylation sites (tertiary alicyclic amines) is 1. The van der Waals surface area contributed by atoms with Gasteiger partial charge >= 0.3 is 0 Å². The highest BCUT2D eigenvalue weighted by Gasteiger charge is 2.34. The lowest BCUT2D eigenvalue weighted by Crippen LogP contribution is -2.53. The normalized spacial score (nSPS) is 20.5. The molecular formula is C35H41ClN4O2. The van der Waals surface area contributed by atoms with Crippen LogP contribution in [0, 0.1) is 0 Å². The summed E-state index contributed by atoms with van der Waals surface area (Å²) >= 11 is 6.14. The van der Waals surface area contributed by atoms with Crippen molar-refractivity contribution in [3.8, 4) is 0 Å². The summed E-state index contributed by atoms with van der Waals surface area (Å²) in [5, 5.41) is 4.37. The number of nitrogens with one attached hydrogen (secondary N) is 1. The molecule has 2 fully saturated rings. The highest BCUT2D eigenvalue weighted by molar-refractivity contribution is 6.30. The summed E-state index contributed by atoms with van der Waals surface area (Å²) in [7, 11) is 0. The standard InChI is InChI=1S/C35H41ClN4O2/c36-30-16-14-26(15-17-30)29(23-34(37)41)22-31-18-21-40(35(42)33(38-31)25-39-19-8-3-9-20-39)24-32(27-10-4-1-5-11-27)28-12-6-2-7-13-28/h1-2,4-7,10-17,23,31-33,38H,3,8-9,18-22,24-25H2,(H2,37,41)/t31-,33+/m1/s1. The van der Waals surface area contributed by atoms with Crippen molar-refractivity contribution < 1.29 is 9.59 Å². The lowest BCUT2D eigenvalue weighted by Gasteiger charge is -2.33. The number of primary amides is 1. The molecule has 0 radical (unpaired) electrons. The third-order valence-corrected chi connectivity index (χ3v) is 8.74. The minimum Gasteiger partial charge on any atom is -0.366 e. The average Bonchev–Trinajstić information content (AvgIpc) is 3.15. The number of piperidine rings is 1. The summed E-state index contributed by atoms with van der Waals surface area (Å²) in [6.07, 6.45) is 6.44. The molecule has 6 nitrogen and oxygen atoms in total. The van der Waals surface area contributed by atoms with Crippen molar-refractivity contribution in [2.45, 2.75) is 50.1 Å². The molecule has 0 spiro atoms. The number of carbonyl (C=O) groups excluding carboxylic acids is 2. The molecule has 3 aromatic rings. The zero-order valence-corrected chi connectivity index (χ0v) is 24.9. The maximum Gasteiger partial charge on any atom is 0.241 e. The number of halogens is 1. The second kappa shape index (κ2) is 14.6. The van der Waals surface area contributed by atoms with Crippen molar-refractivity contribution in [1.82, 2.24) is 15.1 Å². The van der Waals surface area contributed by atoms with Crippen LogP contribution < -0.4 is 11.1 Å². The van der Waals surface area contributed by atoms with E-state index in [0.29, 0.717) is 31.1 Å². The van der Waals surface area contributed by atoms with E-state index in [2.05, 4.69) is 63.6 Å². The Balaban J connectivity index is 1.41. The fraction of sp³-hybridized carbons (Fsp3) is 0.371. The van der Waals surface area contributed by atoms with Gasteiger partial charge in [0.15, 0.2) is 0 Å². The van der Waals surface area contributed by atoms with Crippen molar-refractivity contribution in [2.75, 3.05) is 32.7 Å². The van der Waals surface area contributed by atoms with E-state index < -0.39 is 5.91 Å². The molecule has 2 heterocycles. The number of benzene rings is 3. The molecule has 5 rings (SSSR count). The number of nitrogens with zero attached hydrogens (tertiary/aromatic N) is 2. The van der Waals surface area contributed by atoms with E-state index in [0.717, 1.165) is 30.6 Å². The molecule has 2 saturated heterocycles. The summed E-state index contributed by atoms with van der Waals surface area (Å²) in [5.74, 6) is -0.264. The lowest BCUT2D eigenvalue weighted by atomic mass is 9.90. The van der Waals surface area contributed by atoms with Crippen LogP contribution in [0.3, 0.4) is 0 Å². The molecule has 0 bridgehead atoms. The topological polar surface area (TPSA) is 78.7 Å². The molecule has 2 aliphatic rings. The summed E-state index contributed by atoms with van der Waals surface area (Å²) in [6, 6.07) is 28.1. The minimum absolute atomic E-state index is 0.00178. The fourth-order valence-electron chi connectivity index (χ4n) is 6.31. The molecule has 0 unspecified atom stereocenters. The number of amides is 2. The van der Waals surface area contributed by atoms with E-state index in [1.54, 1.807) is 0 Å². The van der Waals surface area contributed by atoms with Crippen LogP contribution in [-0.4, -0.2) is 66.4 Å². The van der Waals surface area contributed by atoms with Gasteiger partial charge in [0.25, 0.3) is 0 Å². The zero-order valence-electron chi connectivity index (χ0n) is 24.1. The Kier molecular flexibility index (Phi) is 10.5. The predicted octanol–water partition coefficient (Wildman–Crippen LogP) is 5.48. The van der Waals surface area contributed by atoms with E-state index in [1.807, 2.05) is 36.4 Å². The van der Waals surface area contributed by atoms with Gasteiger partial charge < -0.3 is 20.9 Å². The average molecular weight is 585 g/mol. The number of rotatable bonds is 10.